The number of rotatable bonds is 9. The Morgan fingerprint density at radius 2 is 1.48 bits per heavy atom. The Morgan fingerprint density at radius 1 is 0.865 bits per heavy atom. The Morgan fingerprint density at radius 3 is 2.10 bits per heavy atom. The molecule has 0 saturated carbocycles. The normalized spacial score (nSPS) is 21.0. The van der Waals surface area contributed by atoms with Gasteiger partial charge < -0.3 is 34.3 Å². The summed E-state index contributed by atoms with van der Waals surface area (Å²) in [6.45, 7) is 7.16. The average Bonchev–Trinajstić information content (AvgIpc) is 3.75. The number of amides is 2. The minimum atomic E-state index is -1.13. The third-order valence-electron chi connectivity index (χ3n) is 9.34. The van der Waals surface area contributed by atoms with E-state index < -0.39 is 23.5 Å². The summed E-state index contributed by atoms with van der Waals surface area (Å²) in [6, 6.07) is 14.4. The van der Waals surface area contributed by atoms with E-state index in [-0.39, 0.29) is 30.7 Å². The first-order valence-corrected chi connectivity index (χ1v) is 17.3. The third-order valence-corrected chi connectivity index (χ3v) is 9.34. The molecule has 0 spiro atoms. The summed E-state index contributed by atoms with van der Waals surface area (Å²) in [5.74, 6) is -0.376. The van der Waals surface area contributed by atoms with Crippen LogP contribution in [0.4, 0.5) is 5.69 Å². The molecule has 0 radical (unpaired) electrons. The zero-order chi connectivity index (χ0) is 36.8. The van der Waals surface area contributed by atoms with E-state index in [0.29, 0.717) is 92.1 Å². The number of carbonyl (C=O) groups is 4. The van der Waals surface area contributed by atoms with E-state index in [0.717, 1.165) is 0 Å². The quantitative estimate of drug-likeness (QED) is 0.309. The highest BCUT2D eigenvalue weighted by Crippen LogP contribution is 2.44. The van der Waals surface area contributed by atoms with Crippen molar-refractivity contribution in [1.29, 1.82) is 0 Å². The van der Waals surface area contributed by atoms with E-state index in [1.807, 2.05) is 24.3 Å². The molecule has 1 aromatic heterocycles. The van der Waals surface area contributed by atoms with E-state index >= 15 is 0 Å². The second-order valence-corrected chi connectivity index (χ2v) is 12.2. The number of nitrogens with one attached hydrogen (secondary N) is 2. The van der Waals surface area contributed by atoms with Crippen molar-refractivity contribution in [2.75, 3.05) is 71.8 Å². The van der Waals surface area contributed by atoms with Crippen LogP contribution in [0.2, 0.25) is 0 Å². The van der Waals surface area contributed by atoms with Gasteiger partial charge in [-0.2, -0.15) is 10.2 Å². The molecule has 7 rings (SSSR count). The summed E-state index contributed by atoms with van der Waals surface area (Å²) >= 11 is 0. The Bertz CT molecular complexity index is 1820. The van der Waals surface area contributed by atoms with Gasteiger partial charge in [-0.05, 0) is 75.2 Å². The lowest BCUT2D eigenvalue weighted by Crippen LogP contribution is -2.73. The predicted molar refractivity (Wildman–Crippen MR) is 188 cm³/mol. The second-order valence-electron chi connectivity index (χ2n) is 12.2. The van der Waals surface area contributed by atoms with Crippen LogP contribution in [0.1, 0.15) is 46.8 Å². The van der Waals surface area contributed by atoms with Crippen LogP contribution < -0.4 is 25.1 Å². The first kappa shape index (κ1) is 36.3. The summed E-state index contributed by atoms with van der Waals surface area (Å²) in [7, 11) is 3.18. The molecule has 2 aromatic carbocycles. The molecule has 3 aromatic rings. The number of methoxy groups -OCH3 is 2. The molecule has 16 nitrogen and oxygen atoms in total. The van der Waals surface area contributed by atoms with Crippen LogP contribution in [0.15, 0.2) is 53.6 Å². The van der Waals surface area contributed by atoms with Crippen LogP contribution in [0.25, 0.3) is 5.69 Å². The van der Waals surface area contributed by atoms with E-state index in [4.69, 9.17) is 23.7 Å². The van der Waals surface area contributed by atoms with Gasteiger partial charge >= 0.3 is 11.9 Å². The maximum absolute atomic E-state index is 13.4. The van der Waals surface area contributed by atoms with Gasteiger partial charge in [0.1, 0.15) is 17.2 Å². The van der Waals surface area contributed by atoms with Gasteiger partial charge in [0, 0.05) is 31.7 Å². The van der Waals surface area contributed by atoms with Crippen molar-refractivity contribution < 1.29 is 42.9 Å². The zero-order valence-electron chi connectivity index (χ0n) is 29.7. The highest BCUT2D eigenvalue weighted by atomic mass is 16.5. The molecular formula is C36H43N7O9. The van der Waals surface area contributed by atoms with E-state index in [1.165, 1.54) is 4.68 Å². The summed E-state index contributed by atoms with van der Waals surface area (Å²) in [5.41, 5.74) is 1.76. The molecule has 2 N–H and O–H groups in total. The largest absolute Gasteiger partial charge is 0.497 e. The third kappa shape index (κ3) is 6.66. The van der Waals surface area contributed by atoms with Crippen LogP contribution in [0.5, 0.6) is 11.5 Å². The van der Waals surface area contributed by atoms with Gasteiger partial charge in [-0.1, -0.05) is 0 Å². The van der Waals surface area contributed by atoms with Crippen LogP contribution in [-0.4, -0.2) is 117 Å². The van der Waals surface area contributed by atoms with Crippen LogP contribution >= 0.6 is 0 Å². The zero-order valence-corrected chi connectivity index (χ0v) is 29.7. The molecule has 4 aliphatic rings. The van der Waals surface area contributed by atoms with Gasteiger partial charge in [0.05, 0.1) is 57.9 Å². The second kappa shape index (κ2) is 15.8. The first-order valence-electron chi connectivity index (χ1n) is 17.3. The number of anilines is 1. The van der Waals surface area contributed by atoms with E-state index in [1.54, 1.807) is 57.3 Å². The molecule has 276 valence electrons. The first-order chi connectivity index (χ1) is 25.3. The van der Waals surface area contributed by atoms with Gasteiger partial charge in [0.25, 0.3) is 11.8 Å². The smallest absolute Gasteiger partial charge is 0.359 e. The lowest BCUT2D eigenvalue weighted by atomic mass is 9.80. The van der Waals surface area contributed by atoms with Crippen molar-refractivity contribution >= 4 is 35.2 Å². The number of benzene rings is 2. The summed E-state index contributed by atoms with van der Waals surface area (Å²) in [6.07, 6.45) is 1.15. The number of piperidine rings is 1. The number of morpholine rings is 1. The van der Waals surface area contributed by atoms with Crippen molar-refractivity contribution in [2.24, 2.45) is 11.0 Å². The Hall–Kier alpha value is -5.48. The van der Waals surface area contributed by atoms with E-state index in [9.17, 15) is 19.2 Å². The molecule has 4 aliphatic heterocycles. The van der Waals surface area contributed by atoms with Crippen LogP contribution in [0, 0.1) is 5.92 Å². The fourth-order valence-corrected chi connectivity index (χ4v) is 6.99. The van der Waals surface area contributed by atoms with Crippen LogP contribution in [0.3, 0.4) is 0 Å². The Balaban J connectivity index is 0.000000183. The van der Waals surface area contributed by atoms with E-state index in [2.05, 4.69) is 25.7 Å². The molecule has 16 heteroatoms. The van der Waals surface area contributed by atoms with Gasteiger partial charge in [-0.25, -0.2) is 19.3 Å². The number of aromatic nitrogens is 2. The number of fused-ring (bicyclic) bond motifs is 2. The molecule has 2 fully saturated rings. The molecule has 2 amide bonds. The number of ether oxygens (including phenoxy) is 5. The van der Waals surface area contributed by atoms with Gasteiger partial charge in [-0.3, -0.25) is 14.5 Å². The predicted octanol–water partition coefficient (Wildman–Crippen LogP) is 1.94. The minimum absolute atomic E-state index is 0.158. The number of hydrazone groups is 1. The Labute approximate surface area is 300 Å². The van der Waals surface area contributed by atoms with Gasteiger partial charge in [-0.15, -0.1) is 0 Å². The van der Waals surface area contributed by atoms with Gasteiger partial charge in [0.2, 0.25) is 5.66 Å². The maximum Gasteiger partial charge on any atom is 0.359 e. The average molecular weight is 718 g/mol. The van der Waals surface area contributed by atoms with Crippen molar-refractivity contribution in [2.45, 2.75) is 32.4 Å². The fourth-order valence-electron chi connectivity index (χ4n) is 6.99. The SMILES string of the molecule is CCOC(=O)C1=NN(c2ccc(OC)cc2)[C@@]2(N3CCOCC3)C(=O)NCC[C@@H]12.CCOC(=O)c1nn(-c2ccc(OC)cc2)c2c1CCNC2=O. The fraction of sp³-hybridized carbons (Fsp3) is 0.444. The lowest BCUT2D eigenvalue weighted by Gasteiger charge is -2.50. The number of hydrogen-bond acceptors (Lipinski definition) is 13. The van der Waals surface area contributed by atoms with Gasteiger partial charge in [0.15, 0.2) is 11.4 Å². The highest BCUT2D eigenvalue weighted by Gasteiger charge is 2.63. The number of carbonyl (C=O) groups excluding carboxylic acids is 4. The monoisotopic (exact) mass is 717 g/mol. The summed E-state index contributed by atoms with van der Waals surface area (Å²) in [4.78, 5) is 52.6. The molecule has 2 atom stereocenters. The molecule has 0 unspecified atom stereocenters. The topological polar surface area (TPSA) is 175 Å². The molecule has 52 heavy (non-hydrogen) atoms. The number of hydrogen-bond donors (Lipinski definition) is 2. The van der Waals surface area contributed by atoms with Crippen molar-refractivity contribution in [3.05, 3.63) is 65.5 Å². The highest BCUT2D eigenvalue weighted by molar-refractivity contribution is 6.39. The molecule has 0 bridgehead atoms. The Kier molecular flexibility index (Phi) is 11.0. The molecular weight excluding hydrogens is 674 g/mol. The van der Waals surface area contributed by atoms with Crippen LogP contribution in [-0.2, 0) is 30.2 Å². The number of nitrogens with zero attached hydrogens (tertiary/aromatic N) is 5. The maximum atomic E-state index is 13.4. The van der Waals surface area contributed by atoms with Crippen molar-refractivity contribution in [1.82, 2.24) is 25.3 Å². The summed E-state index contributed by atoms with van der Waals surface area (Å²) in [5, 5.41) is 16.4. The standard InChI is InChI=1S/C20H26N4O5.C16H17N3O4/c1-3-29-18(25)17-16-8-9-21-19(26)20(16,23-10-12-28-13-11-23)24(22-17)14-4-6-15(27-2)7-5-14;1-3-23-16(21)13-12-8-9-17-15(20)14(12)19(18-13)10-4-6-11(22-2)7-5-10/h4-7,16H,3,8-13H2,1-2H3,(H,21,26);4-7H,3,8-9H2,1-2H3,(H,17,20)/t16-,20+;/m0./s1. The van der Waals surface area contributed by atoms with Crippen molar-refractivity contribution in [3.63, 3.8) is 0 Å². The van der Waals surface area contributed by atoms with Crippen molar-refractivity contribution in [3.8, 4) is 17.2 Å². The lowest BCUT2D eigenvalue weighted by molar-refractivity contribution is -0.143. The molecule has 2 saturated heterocycles. The number of esters is 2. The molecule has 0 aliphatic carbocycles. The molecule has 5 heterocycles. The minimum Gasteiger partial charge on any atom is -0.497 e. The summed E-state index contributed by atoms with van der Waals surface area (Å²) < 4.78 is 27.7.